The van der Waals surface area contributed by atoms with Crippen molar-refractivity contribution in [3.63, 3.8) is 0 Å². The topological polar surface area (TPSA) is 74.2 Å². The second-order valence-corrected chi connectivity index (χ2v) is 18.6. The molecule has 4 atom stereocenters. The maximum atomic E-state index is 13.0. The lowest BCUT2D eigenvalue weighted by atomic mass is 10.0. The second-order valence-electron chi connectivity index (χ2n) is 12.8. The SMILES string of the molecule is COCCOCO[C@@H](CCCCC[C@@H](C)O[Si](c1ccccc1)(c1ccccc1)C(C)(C)C)[C@H](O)CS(=O)c1ccc(C)cc1. The van der Waals surface area contributed by atoms with Crippen LogP contribution in [0.5, 0.6) is 0 Å². The van der Waals surface area contributed by atoms with Crippen LogP contribution >= 0.6 is 0 Å². The summed E-state index contributed by atoms with van der Waals surface area (Å²) in [6.07, 6.45) is 3.21. The van der Waals surface area contributed by atoms with Gasteiger partial charge in [-0.05, 0) is 54.2 Å². The van der Waals surface area contributed by atoms with Crippen LogP contribution in [0.1, 0.15) is 65.4 Å². The molecule has 0 amide bonds. The van der Waals surface area contributed by atoms with E-state index in [1.807, 2.05) is 31.2 Å². The van der Waals surface area contributed by atoms with Gasteiger partial charge in [-0.2, -0.15) is 0 Å². The summed E-state index contributed by atoms with van der Waals surface area (Å²) in [7, 11) is -2.29. The van der Waals surface area contributed by atoms with Gasteiger partial charge < -0.3 is 23.7 Å². The standard InChI is InChI=1S/C37H54O6SSi/c1-30-22-24-32(25-23-30)44(39)28-35(38)36(42-29-41-27-26-40-6)21-15-7-10-16-31(2)43-45(37(3,4)5,33-17-11-8-12-18-33)34-19-13-9-14-20-34/h8-9,11-14,17-20,22-25,31,35-36,38H,7,10,15-16,21,26-29H2,1-6H3/t31-,35-,36+,44?/m1/s1. The third-order valence-corrected chi connectivity index (χ3v) is 14.8. The highest BCUT2D eigenvalue weighted by Crippen LogP contribution is 2.38. The number of aliphatic hydroxyl groups excluding tert-OH is 1. The predicted molar refractivity (Wildman–Crippen MR) is 187 cm³/mol. The van der Waals surface area contributed by atoms with Crippen molar-refractivity contribution < 1.29 is 28.0 Å². The van der Waals surface area contributed by atoms with Crippen LogP contribution in [-0.4, -0.2) is 68.8 Å². The molecule has 0 aliphatic rings. The Balaban J connectivity index is 1.59. The Morgan fingerprint density at radius 3 is 1.96 bits per heavy atom. The molecule has 0 aromatic heterocycles. The number of aliphatic hydroxyl groups is 1. The van der Waals surface area contributed by atoms with Crippen LogP contribution in [0.25, 0.3) is 0 Å². The largest absolute Gasteiger partial charge is 0.405 e. The molecule has 6 nitrogen and oxygen atoms in total. The molecule has 8 heteroatoms. The highest BCUT2D eigenvalue weighted by Gasteiger charge is 2.50. The zero-order chi connectivity index (χ0) is 32.7. The lowest BCUT2D eigenvalue weighted by Crippen LogP contribution is -2.67. The number of rotatable bonds is 20. The third-order valence-electron chi connectivity index (χ3n) is 8.23. The highest BCUT2D eigenvalue weighted by molar-refractivity contribution is 7.85. The van der Waals surface area contributed by atoms with Crippen molar-refractivity contribution in [2.24, 2.45) is 0 Å². The molecule has 1 unspecified atom stereocenters. The van der Waals surface area contributed by atoms with Gasteiger partial charge in [0.1, 0.15) is 6.79 Å². The molecule has 0 radical (unpaired) electrons. The molecule has 0 fully saturated rings. The Labute approximate surface area is 275 Å². The van der Waals surface area contributed by atoms with Gasteiger partial charge in [-0.15, -0.1) is 0 Å². The van der Waals surface area contributed by atoms with E-state index in [0.717, 1.165) is 31.2 Å². The summed E-state index contributed by atoms with van der Waals surface area (Å²) >= 11 is 0. The molecule has 3 aromatic rings. The molecule has 0 saturated heterocycles. The Kier molecular flexibility index (Phi) is 15.6. The quantitative estimate of drug-likeness (QED) is 0.0866. The Hall–Kier alpha value is -2.17. The van der Waals surface area contributed by atoms with Gasteiger partial charge in [0.15, 0.2) is 0 Å². The molecule has 248 valence electrons. The molecule has 0 aliphatic heterocycles. The zero-order valence-corrected chi connectivity index (χ0v) is 29.9. The van der Waals surface area contributed by atoms with Crippen molar-refractivity contribution in [3.05, 3.63) is 90.5 Å². The maximum absolute atomic E-state index is 13.0. The number of benzene rings is 3. The molecular weight excluding hydrogens is 601 g/mol. The molecule has 0 spiro atoms. The number of aryl methyl sites for hydroxylation is 1. The van der Waals surface area contributed by atoms with Crippen molar-refractivity contribution in [1.82, 2.24) is 0 Å². The van der Waals surface area contributed by atoms with E-state index in [4.69, 9.17) is 18.6 Å². The zero-order valence-electron chi connectivity index (χ0n) is 28.1. The van der Waals surface area contributed by atoms with Crippen molar-refractivity contribution in [3.8, 4) is 0 Å². The van der Waals surface area contributed by atoms with E-state index in [1.54, 1.807) is 7.11 Å². The summed E-state index contributed by atoms with van der Waals surface area (Å²) in [4.78, 5) is 0.713. The first-order chi connectivity index (χ1) is 21.6. The van der Waals surface area contributed by atoms with Crippen molar-refractivity contribution in [1.29, 1.82) is 0 Å². The fraction of sp³-hybridized carbons (Fsp3) is 0.514. The summed E-state index contributed by atoms with van der Waals surface area (Å²) in [5, 5.41) is 13.6. The van der Waals surface area contributed by atoms with Gasteiger partial charge in [-0.3, -0.25) is 4.21 Å². The number of ether oxygens (including phenoxy) is 3. The van der Waals surface area contributed by atoms with Gasteiger partial charge in [-0.25, -0.2) is 0 Å². The van der Waals surface area contributed by atoms with Crippen LogP contribution in [-0.2, 0) is 29.4 Å². The van der Waals surface area contributed by atoms with Gasteiger partial charge in [0, 0.05) is 18.1 Å². The molecule has 3 rings (SSSR count). The van der Waals surface area contributed by atoms with Crippen LogP contribution in [0, 0.1) is 6.92 Å². The Bertz CT molecular complexity index is 1210. The first-order valence-corrected chi connectivity index (χ1v) is 19.4. The average Bonchev–Trinajstić information content (AvgIpc) is 3.02. The van der Waals surface area contributed by atoms with Crippen molar-refractivity contribution in [2.45, 2.75) is 95.0 Å². The van der Waals surface area contributed by atoms with E-state index in [0.29, 0.717) is 24.5 Å². The normalized spacial score (nSPS) is 15.0. The highest BCUT2D eigenvalue weighted by atomic mass is 32.2. The van der Waals surface area contributed by atoms with E-state index in [2.05, 4.69) is 88.4 Å². The number of unbranched alkanes of at least 4 members (excludes halogenated alkanes) is 2. The Morgan fingerprint density at radius 1 is 0.822 bits per heavy atom. The van der Waals surface area contributed by atoms with Crippen LogP contribution in [0.2, 0.25) is 5.04 Å². The molecule has 3 aromatic carbocycles. The van der Waals surface area contributed by atoms with Crippen LogP contribution < -0.4 is 10.4 Å². The molecule has 0 saturated carbocycles. The molecule has 0 heterocycles. The fourth-order valence-electron chi connectivity index (χ4n) is 5.78. The smallest absolute Gasteiger partial charge is 0.261 e. The fourth-order valence-corrected chi connectivity index (χ4v) is 11.7. The van der Waals surface area contributed by atoms with Gasteiger partial charge in [0.05, 0.1) is 42.0 Å². The van der Waals surface area contributed by atoms with E-state index in [9.17, 15) is 9.32 Å². The van der Waals surface area contributed by atoms with E-state index >= 15 is 0 Å². The van der Waals surface area contributed by atoms with Gasteiger partial charge >= 0.3 is 0 Å². The second kappa shape index (κ2) is 18.8. The van der Waals surface area contributed by atoms with Crippen LogP contribution in [0.15, 0.2) is 89.8 Å². The van der Waals surface area contributed by atoms with Gasteiger partial charge in [0.2, 0.25) is 0 Å². The molecule has 0 bridgehead atoms. The third kappa shape index (κ3) is 11.2. The minimum atomic E-state index is -2.59. The first-order valence-electron chi connectivity index (χ1n) is 16.2. The summed E-state index contributed by atoms with van der Waals surface area (Å²) in [5.74, 6) is 0.120. The van der Waals surface area contributed by atoms with Crippen LogP contribution in [0.4, 0.5) is 0 Å². The first kappa shape index (κ1) is 37.3. The molecule has 0 aliphatic carbocycles. The summed E-state index contributed by atoms with van der Waals surface area (Å²) in [6.45, 7) is 12.1. The summed E-state index contributed by atoms with van der Waals surface area (Å²) < 4.78 is 36.7. The molecule has 45 heavy (non-hydrogen) atoms. The monoisotopic (exact) mass is 654 g/mol. The molecule has 1 N–H and O–H groups in total. The number of methoxy groups -OCH3 is 1. The average molecular weight is 655 g/mol. The lowest BCUT2D eigenvalue weighted by molar-refractivity contribution is -0.127. The minimum absolute atomic E-state index is 0.0609. The maximum Gasteiger partial charge on any atom is 0.261 e. The van der Waals surface area contributed by atoms with E-state index < -0.39 is 31.3 Å². The van der Waals surface area contributed by atoms with Crippen LogP contribution in [0.3, 0.4) is 0 Å². The number of hydrogen-bond donors (Lipinski definition) is 1. The van der Waals surface area contributed by atoms with E-state index in [-0.39, 0.29) is 23.7 Å². The van der Waals surface area contributed by atoms with Gasteiger partial charge in [0.25, 0.3) is 8.32 Å². The number of hydrogen-bond acceptors (Lipinski definition) is 6. The van der Waals surface area contributed by atoms with Gasteiger partial charge in [-0.1, -0.05) is 118 Å². The lowest BCUT2D eigenvalue weighted by Gasteiger charge is -2.44. The predicted octanol–water partition coefficient (Wildman–Crippen LogP) is 6.38. The Morgan fingerprint density at radius 2 is 1.40 bits per heavy atom. The van der Waals surface area contributed by atoms with Crippen molar-refractivity contribution in [2.75, 3.05) is 32.9 Å². The summed E-state index contributed by atoms with van der Waals surface area (Å²) in [6, 6.07) is 29.1. The van der Waals surface area contributed by atoms with Crippen molar-refractivity contribution >= 4 is 29.5 Å². The molecular formula is C37H54O6SSi. The minimum Gasteiger partial charge on any atom is -0.405 e. The van der Waals surface area contributed by atoms with E-state index in [1.165, 1.54) is 10.4 Å². The summed E-state index contributed by atoms with van der Waals surface area (Å²) in [5.41, 5.74) is 1.11.